The zero-order valence-corrected chi connectivity index (χ0v) is 21.9. The topological polar surface area (TPSA) is 102 Å². The first kappa shape index (κ1) is 24.5. The molecule has 0 bridgehead atoms. The second-order valence-electron chi connectivity index (χ2n) is 10.8. The molecular weight excluding hydrogens is 506 g/mol. The molecule has 0 saturated carbocycles. The number of methoxy groups -OCH3 is 1. The number of ether oxygens (including phenoxy) is 1. The standard InChI is InChI=1S/C32H27N3O5/c1-40-22-14-15-26-25(18-22)32(31(37)33-26)29(30(36)24-12-5-8-19-7-2-3-11-23(19)24)28(27-13-6-16-34(27)32)20-9-4-10-21(17-20)35(38)39/h2-5,7-12,14-15,17-18,27-29H,6,13,16H2,1H3,(H,33,37)/t27?,28?,29?,32-/m1/s1. The summed E-state index contributed by atoms with van der Waals surface area (Å²) in [6.45, 7) is 0.638. The Morgan fingerprint density at radius 1 is 1.05 bits per heavy atom. The fraction of sp³-hybridized carbons (Fsp3) is 0.250. The Hall–Kier alpha value is -4.56. The number of hydrogen-bond donors (Lipinski definition) is 1. The molecule has 0 radical (unpaired) electrons. The number of benzene rings is 4. The molecule has 4 aromatic rings. The van der Waals surface area contributed by atoms with E-state index >= 15 is 0 Å². The monoisotopic (exact) mass is 533 g/mol. The Labute approximate surface area is 230 Å². The minimum absolute atomic E-state index is 0.0303. The van der Waals surface area contributed by atoms with Gasteiger partial charge < -0.3 is 10.1 Å². The zero-order valence-electron chi connectivity index (χ0n) is 21.9. The molecule has 1 amide bonds. The summed E-state index contributed by atoms with van der Waals surface area (Å²) in [7, 11) is 1.58. The van der Waals surface area contributed by atoms with Crippen LogP contribution < -0.4 is 10.1 Å². The third kappa shape index (κ3) is 3.29. The van der Waals surface area contributed by atoms with Crippen LogP contribution in [0.3, 0.4) is 0 Å². The molecule has 4 atom stereocenters. The second-order valence-corrected chi connectivity index (χ2v) is 10.8. The molecule has 2 fully saturated rings. The number of ketones is 1. The molecule has 0 aliphatic carbocycles. The molecule has 8 heteroatoms. The molecule has 0 aromatic heterocycles. The van der Waals surface area contributed by atoms with Crippen molar-refractivity contribution in [3.05, 3.63) is 112 Å². The van der Waals surface area contributed by atoms with Crippen LogP contribution in [0.2, 0.25) is 0 Å². The third-order valence-electron chi connectivity index (χ3n) is 9.01. The van der Waals surface area contributed by atoms with Gasteiger partial charge in [0.25, 0.3) is 5.69 Å². The van der Waals surface area contributed by atoms with Crippen LogP contribution in [0.15, 0.2) is 84.9 Å². The summed E-state index contributed by atoms with van der Waals surface area (Å²) < 4.78 is 5.56. The van der Waals surface area contributed by atoms with Crippen LogP contribution in [-0.4, -0.2) is 41.2 Å². The van der Waals surface area contributed by atoms with Crippen molar-refractivity contribution < 1.29 is 19.2 Å². The number of fused-ring (bicyclic) bond motifs is 5. The van der Waals surface area contributed by atoms with Gasteiger partial charge in [-0.1, -0.05) is 54.6 Å². The molecule has 7 rings (SSSR count). The molecule has 1 spiro atoms. The highest BCUT2D eigenvalue weighted by molar-refractivity contribution is 6.16. The van der Waals surface area contributed by atoms with Gasteiger partial charge >= 0.3 is 0 Å². The molecule has 200 valence electrons. The molecule has 8 nitrogen and oxygen atoms in total. The Bertz CT molecular complexity index is 1710. The van der Waals surface area contributed by atoms with E-state index in [0.717, 1.165) is 29.2 Å². The van der Waals surface area contributed by atoms with Crippen LogP contribution in [-0.2, 0) is 10.3 Å². The van der Waals surface area contributed by atoms with E-state index in [2.05, 4.69) is 10.2 Å². The first-order chi connectivity index (χ1) is 19.4. The molecule has 40 heavy (non-hydrogen) atoms. The Morgan fingerprint density at radius 3 is 2.67 bits per heavy atom. The van der Waals surface area contributed by atoms with Crippen molar-refractivity contribution in [3.63, 3.8) is 0 Å². The average Bonchev–Trinajstić information content (AvgIpc) is 3.65. The first-order valence-electron chi connectivity index (χ1n) is 13.5. The molecule has 3 heterocycles. The van der Waals surface area contributed by atoms with E-state index in [1.54, 1.807) is 25.3 Å². The number of amides is 1. The van der Waals surface area contributed by atoms with Crippen molar-refractivity contribution in [1.82, 2.24) is 4.90 Å². The van der Waals surface area contributed by atoms with E-state index in [9.17, 15) is 19.7 Å². The lowest BCUT2D eigenvalue weighted by molar-refractivity contribution is -0.384. The van der Waals surface area contributed by atoms with Gasteiger partial charge in [0.05, 0.1) is 18.0 Å². The van der Waals surface area contributed by atoms with Gasteiger partial charge in [-0.25, -0.2) is 0 Å². The zero-order chi connectivity index (χ0) is 27.6. The lowest BCUT2D eigenvalue weighted by Gasteiger charge is -2.37. The number of carbonyl (C=O) groups is 2. The summed E-state index contributed by atoms with van der Waals surface area (Å²) in [6.07, 6.45) is 1.64. The van der Waals surface area contributed by atoms with E-state index < -0.39 is 22.3 Å². The number of non-ortho nitro benzene ring substituents is 1. The minimum atomic E-state index is -1.28. The van der Waals surface area contributed by atoms with Crippen LogP contribution >= 0.6 is 0 Å². The first-order valence-corrected chi connectivity index (χ1v) is 13.5. The van der Waals surface area contributed by atoms with E-state index in [1.807, 2.05) is 60.7 Å². The van der Waals surface area contributed by atoms with Gasteiger partial charge in [0.15, 0.2) is 5.78 Å². The molecule has 3 aliphatic rings. The maximum Gasteiger partial charge on any atom is 0.269 e. The average molecular weight is 534 g/mol. The molecule has 3 unspecified atom stereocenters. The van der Waals surface area contributed by atoms with Crippen molar-refractivity contribution in [2.45, 2.75) is 30.3 Å². The van der Waals surface area contributed by atoms with E-state index in [4.69, 9.17) is 4.74 Å². The summed E-state index contributed by atoms with van der Waals surface area (Å²) in [6, 6.07) is 25.3. The third-order valence-corrected chi connectivity index (χ3v) is 9.01. The Kier molecular flexibility index (Phi) is 5.50. The van der Waals surface area contributed by atoms with Gasteiger partial charge in [0.2, 0.25) is 5.91 Å². The Balaban J connectivity index is 1.52. The fourth-order valence-corrected chi connectivity index (χ4v) is 7.49. The van der Waals surface area contributed by atoms with Gasteiger partial charge in [-0.15, -0.1) is 0 Å². The highest BCUT2D eigenvalue weighted by Crippen LogP contribution is 2.61. The van der Waals surface area contributed by atoms with Gasteiger partial charge in [-0.2, -0.15) is 0 Å². The fourth-order valence-electron chi connectivity index (χ4n) is 7.49. The predicted molar refractivity (Wildman–Crippen MR) is 151 cm³/mol. The number of nitrogens with zero attached hydrogens (tertiary/aromatic N) is 2. The molecular formula is C32H27N3O5. The summed E-state index contributed by atoms with van der Waals surface area (Å²) in [5.41, 5.74) is 1.31. The van der Waals surface area contributed by atoms with Crippen molar-refractivity contribution in [2.75, 3.05) is 19.0 Å². The van der Waals surface area contributed by atoms with Gasteiger partial charge in [-0.3, -0.25) is 24.6 Å². The SMILES string of the molecule is COc1ccc2c(c1)[C@]1(C(=O)N2)C(C(=O)c2cccc3ccccc23)C(c2cccc([N+](=O)[O-])c2)C2CCCN21. The van der Waals surface area contributed by atoms with Crippen LogP contribution in [0, 0.1) is 16.0 Å². The summed E-state index contributed by atoms with van der Waals surface area (Å²) >= 11 is 0. The van der Waals surface area contributed by atoms with Crippen LogP contribution in [0.1, 0.15) is 40.2 Å². The quantitative estimate of drug-likeness (QED) is 0.202. The van der Waals surface area contributed by atoms with Gasteiger partial charge in [-0.05, 0) is 53.9 Å². The van der Waals surface area contributed by atoms with E-state index in [0.29, 0.717) is 29.1 Å². The second kappa shape index (κ2) is 8.99. The number of anilines is 1. The maximum atomic E-state index is 15.0. The number of hydrogen-bond acceptors (Lipinski definition) is 6. The normalized spacial score (nSPS) is 25.1. The van der Waals surface area contributed by atoms with Gasteiger partial charge in [0, 0.05) is 40.9 Å². The largest absolute Gasteiger partial charge is 0.497 e. The van der Waals surface area contributed by atoms with Crippen LogP contribution in [0.5, 0.6) is 5.75 Å². The van der Waals surface area contributed by atoms with Crippen LogP contribution in [0.4, 0.5) is 11.4 Å². The predicted octanol–water partition coefficient (Wildman–Crippen LogP) is 5.66. The van der Waals surface area contributed by atoms with Crippen molar-refractivity contribution in [1.29, 1.82) is 0 Å². The highest BCUT2D eigenvalue weighted by atomic mass is 16.6. The van der Waals surface area contributed by atoms with E-state index in [1.165, 1.54) is 6.07 Å². The number of Topliss-reactive ketones (excluding diaryl/α,β-unsaturated/α-hetero) is 1. The summed E-state index contributed by atoms with van der Waals surface area (Å²) in [4.78, 5) is 42.8. The molecule has 2 saturated heterocycles. The maximum absolute atomic E-state index is 15.0. The smallest absolute Gasteiger partial charge is 0.269 e. The number of rotatable bonds is 5. The van der Waals surface area contributed by atoms with Crippen molar-refractivity contribution in [3.8, 4) is 5.75 Å². The van der Waals surface area contributed by atoms with Crippen LogP contribution in [0.25, 0.3) is 10.8 Å². The van der Waals surface area contributed by atoms with Crippen molar-refractivity contribution >= 4 is 33.8 Å². The lowest BCUT2D eigenvalue weighted by atomic mass is 9.68. The number of nitro groups is 1. The molecule has 1 N–H and O–H groups in total. The minimum Gasteiger partial charge on any atom is -0.497 e. The number of nitro benzene ring substituents is 1. The summed E-state index contributed by atoms with van der Waals surface area (Å²) in [5, 5.41) is 16.6. The molecule has 4 aromatic carbocycles. The Morgan fingerprint density at radius 2 is 1.85 bits per heavy atom. The molecule has 3 aliphatic heterocycles. The summed E-state index contributed by atoms with van der Waals surface area (Å²) in [5.74, 6) is -1.04. The van der Waals surface area contributed by atoms with Gasteiger partial charge in [0.1, 0.15) is 11.3 Å². The number of nitrogens with one attached hydrogen (secondary N) is 1. The highest BCUT2D eigenvalue weighted by Gasteiger charge is 2.69. The van der Waals surface area contributed by atoms with E-state index in [-0.39, 0.29) is 23.4 Å². The number of carbonyl (C=O) groups excluding carboxylic acids is 2. The van der Waals surface area contributed by atoms with Crippen molar-refractivity contribution in [2.24, 2.45) is 5.92 Å². The lowest BCUT2D eigenvalue weighted by Crippen LogP contribution is -2.52.